The van der Waals surface area contributed by atoms with Gasteiger partial charge in [-0.1, -0.05) is 53.7 Å². The van der Waals surface area contributed by atoms with E-state index in [0.29, 0.717) is 9.99 Å². The van der Waals surface area contributed by atoms with E-state index in [1.807, 2.05) is 13.0 Å². The maximum absolute atomic E-state index is 13.1. The van der Waals surface area contributed by atoms with Gasteiger partial charge in [0, 0.05) is 12.1 Å². The number of nitrogens with zero attached hydrogens (tertiary/aromatic N) is 2. The first-order chi connectivity index (χ1) is 14.3. The number of aryl methyl sites for hydroxylation is 1. The second-order valence-corrected chi connectivity index (χ2v) is 9.51. The Balaban J connectivity index is 1.85. The van der Waals surface area contributed by atoms with Crippen molar-refractivity contribution in [3.05, 3.63) is 72.8 Å². The molecule has 2 aromatic carbocycles. The first-order valence-corrected chi connectivity index (χ1v) is 11.5. The Hall–Kier alpha value is -2.91. The topological polar surface area (TPSA) is 95.9 Å². The van der Waals surface area contributed by atoms with Crippen molar-refractivity contribution in [3.8, 4) is 0 Å². The van der Waals surface area contributed by atoms with Crippen LogP contribution in [-0.2, 0) is 19.6 Å². The summed E-state index contributed by atoms with van der Waals surface area (Å²) in [4.78, 5) is 29.6. The van der Waals surface area contributed by atoms with Crippen LogP contribution in [-0.4, -0.2) is 41.5 Å². The third-order valence-electron chi connectivity index (χ3n) is 4.24. The maximum Gasteiger partial charge on any atom is 0.272 e. The largest absolute Gasteiger partial charge is 0.326 e. The number of hydrogen-bond donors (Lipinski definition) is 1. The van der Waals surface area contributed by atoms with Crippen LogP contribution in [0.15, 0.2) is 77.1 Å². The van der Waals surface area contributed by atoms with Crippen molar-refractivity contribution in [1.29, 1.82) is 0 Å². The van der Waals surface area contributed by atoms with Crippen LogP contribution in [0.25, 0.3) is 0 Å². The number of hydrogen-bond acceptors (Lipinski definition) is 6. The van der Waals surface area contributed by atoms with Crippen molar-refractivity contribution in [2.24, 2.45) is 4.99 Å². The minimum absolute atomic E-state index is 0.0114. The van der Waals surface area contributed by atoms with Crippen molar-refractivity contribution in [2.75, 3.05) is 11.9 Å². The molecule has 1 aliphatic heterocycles. The summed E-state index contributed by atoms with van der Waals surface area (Å²) in [5, 5.41) is 1.86. The summed E-state index contributed by atoms with van der Waals surface area (Å²) in [7, 11) is -4.15. The average molecular weight is 444 g/mol. The first kappa shape index (κ1) is 21.8. The second-order valence-electron chi connectivity index (χ2n) is 6.56. The van der Waals surface area contributed by atoms with E-state index in [1.165, 1.54) is 18.2 Å². The lowest BCUT2D eigenvalue weighted by molar-refractivity contribution is -0.125. The van der Waals surface area contributed by atoms with Crippen LogP contribution in [0.2, 0.25) is 0 Å². The fourth-order valence-corrected chi connectivity index (χ4v) is 5.60. The van der Waals surface area contributed by atoms with Gasteiger partial charge in [-0.25, -0.2) is 8.42 Å². The summed E-state index contributed by atoms with van der Waals surface area (Å²) >= 11 is 0.969. The third-order valence-corrected chi connectivity index (χ3v) is 7.23. The van der Waals surface area contributed by atoms with Gasteiger partial charge in [0.25, 0.3) is 15.9 Å². The first-order valence-electron chi connectivity index (χ1n) is 9.15. The molecule has 30 heavy (non-hydrogen) atoms. The molecule has 0 bridgehead atoms. The number of amides is 2. The molecular formula is C21H21N3O4S2. The number of carbonyl (C=O) groups excluding carboxylic acids is 2. The number of carbonyl (C=O) groups is 2. The fourth-order valence-electron chi connectivity index (χ4n) is 2.76. The molecule has 0 aromatic heterocycles. The number of amidine groups is 1. The van der Waals surface area contributed by atoms with Gasteiger partial charge in [-0.3, -0.25) is 14.6 Å². The van der Waals surface area contributed by atoms with Gasteiger partial charge in [-0.05, 0) is 31.2 Å². The van der Waals surface area contributed by atoms with E-state index in [0.717, 1.165) is 17.3 Å². The van der Waals surface area contributed by atoms with Crippen LogP contribution in [0.4, 0.5) is 5.69 Å². The van der Waals surface area contributed by atoms with Crippen LogP contribution in [0, 0.1) is 6.92 Å². The maximum atomic E-state index is 13.1. The highest BCUT2D eigenvalue weighted by Crippen LogP contribution is 2.34. The number of aliphatic imine (C=N–C) groups is 1. The Morgan fingerprint density at radius 3 is 2.50 bits per heavy atom. The molecule has 156 valence electrons. The second kappa shape index (κ2) is 9.27. The molecule has 1 atom stereocenters. The van der Waals surface area contributed by atoms with Gasteiger partial charge in [0.15, 0.2) is 5.17 Å². The van der Waals surface area contributed by atoms with Crippen molar-refractivity contribution in [2.45, 2.75) is 23.5 Å². The monoisotopic (exact) mass is 443 g/mol. The summed E-state index contributed by atoms with van der Waals surface area (Å²) in [6.45, 7) is 5.57. The predicted molar refractivity (Wildman–Crippen MR) is 119 cm³/mol. The molecule has 1 aliphatic rings. The SMILES string of the molecule is C=CCN=C1S[C@@H](CC(=O)Nc2ccccc2)C(=O)N1S(=O)(=O)c1ccc(C)cc1. The Morgan fingerprint density at radius 1 is 1.20 bits per heavy atom. The van der Waals surface area contributed by atoms with Gasteiger partial charge in [-0.2, -0.15) is 4.31 Å². The summed E-state index contributed by atoms with van der Waals surface area (Å²) in [6, 6.07) is 15.0. The molecule has 9 heteroatoms. The average Bonchev–Trinajstić information content (AvgIpc) is 3.03. The zero-order valence-corrected chi connectivity index (χ0v) is 17.9. The zero-order chi connectivity index (χ0) is 21.7. The van der Waals surface area contributed by atoms with Gasteiger partial charge in [0.05, 0.1) is 11.4 Å². The van der Waals surface area contributed by atoms with E-state index in [9.17, 15) is 18.0 Å². The minimum atomic E-state index is -4.15. The number of anilines is 1. The Bertz CT molecular complexity index is 1080. The molecular weight excluding hydrogens is 422 g/mol. The highest BCUT2D eigenvalue weighted by atomic mass is 32.2. The molecule has 7 nitrogen and oxygen atoms in total. The zero-order valence-electron chi connectivity index (χ0n) is 16.3. The van der Waals surface area contributed by atoms with E-state index in [4.69, 9.17) is 0 Å². The number of rotatable bonds is 7. The molecule has 3 rings (SSSR count). The van der Waals surface area contributed by atoms with E-state index >= 15 is 0 Å². The van der Waals surface area contributed by atoms with Crippen LogP contribution in [0.1, 0.15) is 12.0 Å². The van der Waals surface area contributed by atoms with Crippen molar-refractivity contribution >= 4 is 44.5 Å². The minimum Gasteiger partial charge on any atom is -0.326 e. The standard InChI is InChI=1S/C21H21N3O4S2/c1-3-13-22-21-24(30(27,28)17-11-9-15(2)10-12-17)20(26)18(29-21)14-19(25)23-16-7-5-4-6-8-16/h3-12,18H,1,13-14H2,2H3,(H,23,25)/t18-/m0/s1. The van der Waals surface area contributed by atoms with Gasteiger partial charge in [0.1, 0.15) is 5.25 Å². The number of benzene rings is 2. The third kappa shape index (κ3) is 4.80. The van der Waals surface area contributed by atoms with Crippen molar-refractivity contribution in [3.63, 3.8) is 0 Å². The lowest BCUT2D eigenvalue weighted by Crippen LogP contribution is -2.38. The summed E-state index contributed by atoms with van der Waals surface area (Å²) in [5.41, 5.74) is 1.50. The van der Waals surface area contributed by atoms with Gasteiger partial charge in [-0.15, -0.1) is 6.58 Å². The summed E-state index contributed by atoms with van der Waals surface area (Å²) in [6.07, 6.45) is 1.33. The number of nitrogens with one attached hydrogen (secondary N) is 1. The number of para-hydroxylation sites is 1. The quantitative estimate of drug-likeness (QED) is 0.663. The Labute approximate surface area is 179 Å². The van der Waals surface area contributed by atoms with Crippen LogP contribution < -0.4 is 5.32 Å². The van der Waals surface area contributed by atoms with Gasteiger partial charge in [0.2, 0.25) is 5.91 Å². The highest BCUT2D eigenvalue weighted by molar-refractivity contribution is 8.17. The lowest BCUT2D eigenvalue weighted by atomic mass is 10.2. The molecule has 2 amide bonds. The van der Waals surface area contributed by atoms with Gasteiger partial charge >= 0.3 is 0 Å². The number of sulfonamides is 1. The summed E-state index contributed by atoms with van der Waals surface area (Å²) < 4.78 is 27.0. The molecule has 1 fully saturated rings. The Morgan fingerprint density at radius 2 is 1.87 bits per heavy atom. The molecule has 0 radical (unpaired) electrons. The van der Waals surface area contributed by atoms with Crippen LogP contribution in [0.3, 0.4) is 0 Å². The van der Waals surface area contributed by atoms with Crippen LogP contribution >= 0.6 is 11.8 Å². The molecule has 2 aromatic rings. The Kier molecular flexibility index (Phi) is 6.73. The molecule has 0 spiro atoms. The van der Waals surface area contributed by atoms with E-state index in [-0.39, 0.29) is 28.9 Å². The smallest absolute Gasteiger partial charge is 0.272 e. The molecule has 1 saturated heterocycles. The van der Waals surface area contributed by atoms with Crippen molar-refractivity contribution in [1.82, 2.24) is 4.31 Å². The normalized spacial score (nSPS) is 17.9. The molecule has 0 aliphatic carbocycles. The fraction of sp³-hybridized carbons (Fsp3) is 0.190. The summed E-state index contributed by atoms with van der Waals surface area (Å²) in [5.74, 6) is -1.07. The predicted octanol–water partition coefficient (Wildman–Crippen LogP) is 3.20. The number of thioether (sulfide) groups is 1. The molecule has 1 N–H and O–H groups in total. The lowest BCUT2D eigenvalue weighted by Gasteiger charge is -2.17. The molecule has 0 saturated carbocycles. The van der Waals surface area contributed by atoms with E-state index in [1.54, 1.807) is 36.4 Å². The van der Waals surface area contributed by atoms with Gasteiger partial charge < -0.3 is 5.32 Å². The molecule has 1 heterocycles. The van der Waals surface area contributed by atoms with Crippen molar-refractivity contribution < 1.29 is 18.0 Å². The van der Waals surface area contributed by atoms with Crippen LogP contribution in [0.5, 0.6) is 0 Å². The molecule has 0 unspecified atom stereocenters. The van der Waals surface area contributed by atoms with E-state index < -0.39 is 21.2 Å². The highest BCUT2D eigenvalue weighted by Gasteiger charge is 2.46. The van der Waals surface area contributed by atoms with E-state index in [2.05, 4.69) is 16.9 Å².